The lowest BCUT2D eigenvalue weighted by atomic mass is 9.91. The van der Waals surface area contributed by atoms with Gasteiger partial charge in [0.1, 0.15) is 11.4 Å². The second-order valence-electron chi connectivity index (χ2n) is 15.3. The predicted octanol–water partition coefficient (Wildman–Crippen LogP) is 4.30. The van der Waals surface area contributed by atoms with Gasteiger partial charge in [0.15, 0.2) is 0 Å². The Morgan fingerprint density at radius 1 is 0.979 bits per heavy atom. The van der Waals surface area contributed by atoms with Crippen LogP contribution in [0.3, 0.4) is 0 Å². The predicted molar refractivity (Wildman–Crippen MR) is 180 cm³/mol. The summed E-state index contributed by atoms with van der Waals surface area (Å²) in [4.78, 5) is 54.5. The standard InChI is InChI=1S/C36H51FN6O4/c1-24-18-40(26(3)44)14-13-39(24)20-30-21-42(34(46)47-35(4,5)6)25(2)19-41(30)22-32(45)43-23-36(7,8)33-31(43)16-28(17-38-33)15-27-9-11-29(37)12-10-27/h9-12,16-17,24-25,30H,13-15,18-23H2,1-8H3/t24-,25-,30+/m1/s1. The van der Waals surface area contributed by atoms with Gasteiger partial charge in [-0.25, -0.2) is 9.18 Å². The van der Waals surface area contributed by atoms with E-state index in [4.69, 9.17) is 9.72 Å². The first kappa shape index (κ1) is 34.8. The molecule has 0 aliphatic carbocycles. The zero-order chi connectivity index (χ0) is 34.3. The van der Waals surface area contributed by atoms with Crippen molar-refractivity contribution >= 4 is 23.6 Å². The van der Waals surface area contributed by atoms with Crippen LogP contribution < -0.4 is 4.90 Å². The van der Waals surface area contributed by atoms with E-state index in [0.29, 0.717) is 45.7 Å². The molecule has 0 unspecified atom stereocenters. The van der Waals surface area contributed by atoms with Crippen molar-refractivity contribution in [2.75, 3.05) is 57.3 Å². The second kappa shape index (κ2) is 13.5. The van der Waals surface area contributed by atoms with Gasteiger partial charge in [0.2, 0.25) is 11.8 Å². The molecule has 1 aromatic heterocycles. The van der Waals surface area contributed by atoms with Gasteiger partial charge in [-0.15, -0.1) is 0 Å². The summed E-state index contributed by atoms with van der Waals surface area (Å²) in [6.07, 6.45) is 2.11. The van der Waals surface area contributed by atoms with Crippen LogP contribution in [0.25, 0.3) is 0 Å². The number of hydrogen-bond acceptors (Lipinski definition) is 7. The summed E-state index contributed by atoms with van der Waals surface area (Å²) >= 11 is 0. The monoisotopic (exact) mass is 650 g/mol. The number of fused-ring (bicyclic) bond motifs is 1. The Hall–Kier alpha value is -3.57. The van der Waals surface area contributed by atoms with Gasteiger partial charge in [0.05, 0.1) is 17.9 Å². The molecule has 0 spiro atoms. The SMILES string of the molecule is CC(=O)N1CCN(C[C@H]2CN(C(=O)OC(C)(C)C)[C@H](C)CN2CC(=O)N2CC(C)(C)c3ncc(Cc4ccc(F)cc4)cc32)[C@H](C)C1. The molecule has 0 bridgehead atoms. The number of pyridine rings is 1. The molecular weight excluding hydrogens is 599 g/mol. The van der Waals surface area contributed by atoms with E-state index in [2.05, 4.69) is 36.6 Å². The number of anilines is 1. The lowest BCUT2D eigenvalue weighted by molar-refractivity contribution is -0.132. The van der Waals surface area contributed by atoms with Crippen molar-refractivity contribution in [3.63, 3.8) is 0 Å². The first-order valence-electron chi connectivity index (χ1n) is 16.8. The van der Waals surface area contributed by atoms with Gasteiger partial charge < -0.3 is 19.4 Å². The molecule has 256 valence electrons. The zero-order valence-corrected chi connectivity index (χ0v) is 29.3. The van der Waals surface area contributed by atoms with Crippen LogP contribution in [0.1, 0.15) is 72.2 Å². The maximum Gasteiger partial charge on any atom is 0.410 e. The zero-order valence-electron chi connectivity index (χ0n) is 29.3. The van der Waals surface area contributed by atoms with Crippen LogP contribution in [-0.4, -0.2) is 119 Å². The number of benzene rings is 1. The Kier molecular flexibility index (Phi) is 9.99. The summed E-state index contributed by atoms with van der Waals surface area (Å²) < 4.78 is 19.3. The molecule has 10 nitrogen and oxygen atoms in total. The molecule has 2 aromatic rings. The minimum absolute atomic E-state index is 0.00470. The average Bonchev–Trinajstić information content (AvgIpc) is 3.25. The Morgan fingerprint density at radius 3 is 2.32 bits per heavy atom. The minimum atomic E-state index is -0.615. The fourth-order valence-electron chi connectivity index (χ4n) is 7.07. The minimum Gasteiger partial charge on any atom is -0.444 e. The molecule has 3 aliphatic rings. The van der Waals surface area contributed by atoms with Crippen molar-refractivity contribution in [1.82, 2.24) is 24.6 Å². The van der Waals surface area contributed by atoms with Crippen LogP contribution in [-0.2, 0) is 26.2 Å². The van der Waals surface area contributed by atoms with Gasteiger partial charge in [-0.3, -0.25) is 24.4 Å². The van der Waals surface area contributed by atoms with E-state index in [0.717, 1.165) is 29.1 Å². The quantitative estimate of drug-likeness (QED) is 0.461. The number of nitrogens with zero attached hydrogens (tertiary/aromatic N) is 6. The van der Waals surface area contributed by atoms with Crippen LogP contribution in [0.2, 0.25) is 0 Å². The van der Waals surface area contributed by atoms with Gasteiger partial charge in [-0.2, -0.15) is 0 Å². The Labute approximate surface area is 278 Å². The van der Waals surface area contributed by atoms with Crippen LogP contribution in [0.4, 0.5) is 14.9 Å². The van der Waals surface area contributed by atoms with Crippen molar-refractivity contribution in [2.24, 2.45) is 0 Å². The normalized spacial score (nSPS) is 23.5. The molecule has 4 heterocycles. The Bertz CT molecular complexity index is 1470. The molecule has 2 saturated heterocycles. The van der Waals surface area contributed by atoms with E-state index in [9.17, 15) is 18.8 Å². The van der Waals surface area contributed by atoms with Crippen molar-refractivity contribution in [1.29, 1.82) is 0 Å². The third kappa shape index (κ3) is 8.12. The number of halogens is 1. The number of piperazine rings is 2. The summed E-state index contributed by atoms with van der Waals surface area (Å²) in [6, 6.07) is 8.41. The first-order valence-corrected chi connectivity index (χ1v) is 16.8. The molecule has 1 aromatic carbocycles. The molecule has 3 amide bonds. The molecule has 5 rings (SSSR count). The maximum absolute atomic E-state index is 14.3. The van der Waals surface area contributed by atoms with Gasteiger partial charge in [0.25, 0.3) is 0 Å². The van der Waals surface area contributed by atoms with Gasteiger partial charge in [-0.05, 0) is 70.4 Å². The summed E-state index contributed by atoms with van der Waals surface area (Å²) in [5, 5.41) is 0. The number of amides is 3. The van der Waals surface area contributed by atoms with Crippen LogP contribution in [0.5, 0.6) is 0 Å². The average molecular weight is 651 g/mol. The number of hydrogen-bond donors (Lipinski definition) is 0. The summed E-state index contributed by atoms with van der Waals surface area (Å²) in [7, 11) is 0. The number of ether oxygens (including phenoxy) is 1. The number of aromatic nitrogens is 1. The molecule has 0 radical (unpaired) electrons. The largest absolute Gasteiger partial charge is 0.444 e. The number of rotatable bonds is 6. The smallest absolute Gasteiger partial charge is 0.410 e. The van der Waals surface area contributed by atoms with Crippen LogP contribution in [0.15, 0.2) is 36.5 Å². The lowest BCUT2D eigenvalue weighted by Gasteiger charge is -2.48. The molecule has 0 saturated carbocycles. The van der Waals surface area contributed by atoms with Crippen LogP contribution >= 0.6 is 0 Å². The molecule has 3 aliphatic heterocycles. The molecular formula is C36H51FN6O4. The number of carbonyl (C=O) groups is 3. The number of carbonyl (C=O) groups excluding carboxylic acids is 3. The lowest BCUT2D eigenvalue weighted by Crippen LogP contribution is -2.65. The van der Waals surface area contributed by atoms with Crippen LogP contribution in [0, 0.1) is 5.82 Å². The Balaban J connectivity index is 1.36. The van der Waals surface area contributed by atoms with E-state index in [1.54, 1.807) is 24.0 Å². The summed E-state index contributed by atoms with van der Waals surface area (Å²) in [5.74, 6) is -0.197. The molecule has 0 N–H and O–H groups in total. The van der Waals surface area contributed by atoms with Crippen molar-refractivity contribution in [2.45, 2.75) is 91.0 Å². The summed E-state index contributed by atoms with van der Waals surface area (Å²) in [6.45, 7) is 20.0. The molecule has 2 fully saturated rings. The molecule has 3 atom stereocenters. The highest BCUT2D eigenvalue weighted by Gasteiger charge is 2.43. The van der Waals surface area contributed by atoms with Crippen molar-refractivity contribution < 1.29 is 23.5 Å². The highest BCUT2D eigenvalue weighted by Crippen LogP contribution is 2.40. The van der Waals surface area contributed by atoms with Gasteiger partial charge in [0, 0.05) is 82.5 Å². The highest BCUT2D eigenvalue weighted by atomic mass is 19.1. The molecule has 47 heavy (non-hydrogen) atoms. The van der Waals surface area contributed by atoms with Crippen molar-refractivity contribution in [3.8, 4) is 0 Å². The van der Waals surface area contributed by atoms with E-state index < -0.39 is 5.60 Å². The first-order chi connectivity index (χ1) is 22.0. The second-order valence-corrected chi connectivity index (χ2v) is 15.3. The van der Waals surface area contributed by atoms with E-state index in [1.165, 1.54) is 12.1 Å². The van der Waals surface area contributed by atoms with Gasteiger partial charge >= 0.3 is 6.09 Å². The fourth-order valence-corrected chi connectivity index (χ4v) is 7.07. The third-order valence-electron chi connectivity index (χ3n) is 9.61. The summed E-state index contributed by atoms with van der Waals surface area (Å²) in [5.41, 5.74) is 2.73. The fraction of sp³-hybridized carbons (Fsp3) is 0.611. The van der Waals surface area contributed by atoms with Crippen molar-refractivity contribution in [3.05, 3.63) is 59.2 Å². The third-order valence-corrected chi connectivity index (χ3v) is 9.61. The topological polar surface area (TPSA) is 89.5 Å². The van der Waals surface area contributed by atoms with E-state index in [-0.39, 0.29) is 53.8 Å². The van der Waals surface area contributed by atoms with E-state index in [1.807, 2.05) is 43.7 Å². The van der Waals surface area contributed by atoms with Gasteiger partial charge in [-0.1, -0.05) is 26.0 Å². The Morgan fingerprint density at radius 2 is 1.68 bits per heavy atom. The van der Waals surface area contributed by atoms with E-state index >= 15 is 0 Å². The maximum atomic E-state index is 14.3. The highest BCUT2D eigenvalue weighted by molar-refractivity contribution is 5.97. The molecule has 11 heteroatoms.